The Kier molecular flexibility index (Phi) is 5.55. The summed E-state index contributed by atoms with van der Waals surface area (Å²) in [5, 5.41) is 8.49. The fourth-order valence-corrected chi connectivity index (χ4v) is 3.91. The quantitative estimate of drug-likeness (QED) is 0.327. The van der Waals surface area contributed by atoms with E-state index in [2.05, 4.69) is 25.4 Å². The van der Waals surface area contributed by atoms with Gasteiger partial charge in [-0.15, -0.1) is 0 Å². The molecule has 0 amide bonds. The van der Waals surface area contributed by atoms with Crippen LogP contribution in [-0.2, 0) is 13.7 Å². The van der Waals surface area contributed by atoms with Crippen LogP contribution in [-0.4, -0.2) is 29.7 Å². The first kappa shape index (κ1) is 21.5. The third kappa shape index (κ3) is 4.49. The van der Waals surface area contributed by atoms with Crippen LogP contribution in [0.15, 0.2) is 96.5 Å². The van der Waals surface area contributed by atoms with Crippen LogP contribution in [0, 0.1) is 0 Å². The molecule has 0 atom stereocenters. The number of oxazole rings is 1. The molecule has 9 heteroatoms. The number of pyridine rings is 1. The Morgan fingerprint density at radius 2 is 1.94 bits per heavy atom. The maximum Gasteiger partial charge on any atom is 0.227 e. The molecule has 1 N–H and O–H groups in total. The summed E-state index contributed by atoms with van der Waals surface area (Å²) in [6.45, 7) is 0.386. The van der Waals surface area contributed by atoms with Crippen LogP contribution in [0.4, 0.5) is 11.6 Å². The Bertz CT molecular complexity index is 1630. The number of anilines is 2. The van der Waals surface area contributed by atoms with Crippen molar-refractivity contribution in [2.24, 2.45) is 7.05 Å². The van der Waals surface area contributed by atoms with Crippen molar-refractivity contribution in [2.45, 2.75) is 6.61 Å². The first-order valence-corrected chi connectivity index (χ1v) is 11.3. The van der Waals surface area contributed by atoms with Crippen LogP contribution < -0.4 is 10.1 Å². The molecule has 4 aromatic heterocycles. The van der Waals surface area contributed by atoms with E-state index in [1.165, 1.54) is 6.39 Å². The van der Waals surface area contributed by atoms with E-state index >= 15 is 0 Å². The second kappa shape index (κ2) is 9.30. The number of nitrogens with one attached hydrogen (secondary N) is 1. The molecule has 0 aliphatic rings. The zero-order valence-electron chi connectivity index (χ0n) is 19.4. The van der Waals surface area contributed by atoms with Gasteiger partial charge < -0.3 is 14.5 Å². The molecule has 9 nitrogen and oxygen atoms in total. The Labute approximate surface area is 206 Å². The highest BCUT2D eigenvalue weighted by atomic mass is 16.5. The first-order chi connectivity index (χ1) is 17.7. The highest BCUT2D eigenvalue weighted by Crippen LogP contribution is 2.34. The predicted octanol–water partition coefficient (Wildman–Crippen LogP) is 5.40. The number of aryl methyl sites for hydroxylation is 1. The van der Waals surface area contributed by atoms with Crippen molar-refractivity contribution < 1.29 is 9.15 Å². The van der Waals surface area contributed by atoms with Crippen molar-refractivity contribution in [3.63, 3.8) is 0 Å². The summed E-state index contributed by atoms with van der Waals surface area (Å²) in [6, 6.07) is 15.6. The molecule has 6 aromatic rings. The summed E-state index contributed by atoms with van der Waals surface area (Å²) >= 11 is 0. The van der Waals surface area contributed by atoms with Crippen LogP contribution in [0.25, 0.3) is 33.4 Å². The highest BCUT2D eigenvalue weighted by molar-refractivity contribution is 5.88. The lowest BCUT2D eigenvalue weighted by Gasteiger charge is -2.13. The number of rotatable bonds is 7. The third-order valence-corrected chi connectivity index (χ3v) is 5.65. The van der Waals surface area contributed by atoms with Crippen molar-refractivity contribution in [3.05, 3.63) is 97.7 Å². The van der Waals surface area contributed by atoms with Crippen LogP contribution in [0.2, 0.25) is 0 Å². The number of aromatic nitrogens is 6. The minimum Gasteiger partial charge on any atom is -0.488 e. The number of ether oxygens (including phenoxy) is 1. The number of hydrogen-bond donors (Lipinski definition) is 1. The van der Waals surface area contributed by atoms with Gasteiger partial charge in [0.1, 0.15) is 12.4 Å². The van der Waals surface area contributed by atoms with Crippen LogP contribution >= 0.6 is 0 Å². The number of benzene rings is 2. The molecule has 4 heterocycles. The molecular formula is C27H21N7O2. The number of hydrogen-bond acceptors (Lipinski definition) is 8. The molecule has 0 bridgehead atoms. The standard InChI is InChI=1S/C27H21N7O2/c1-34-15-21(13-31-34)23-9-20-12-30-27(32-22-6-2-5-19(8-22)26-14-29-17-36-26)33-24(20)10-25(23)35-16-18-4-3-7-28-11-18/h2-15,17H,16H2,1H3,(H,30,32,33). The van der Waals surface area contributed by atoms with Crippen molar-refractivity contribution >= 4 is 22.5 Å². The Morgan fingerprint density at radius 1 is 0.972 bits per heavy atom. The SMILES string of the molecule is Cn1cc(-c2cc3cnc(Nc4cccc(-c5cnco5)c4)nc3cc2OCc2cccnc2)cn1. The Balaban J connectivity index is 1.34. The second-order valence-corrected chi connectivity index (χ2v) is 8.22. The molecule has 0 aliphatic heterocycles. The monoisotopic (exact) mass is 475 g/mol. The van der Waals surface area contributed by atoms with Gasteiger partial charge in [0.05, 0.1) is 17.9 Å². The van der Waals surface area contributed by atoms with E-state index in [0.29, 0.717) is 24.1 Å². The molecule has 0 fully saturated rings. The van der Waals surface area contributed by atoms with Gasteiger partial charge in [-0.1, -0.05) is 18.2 Å². The van der Waals surface area contributed by atoms with Gasteiger partial charge in [-0.25, -0.2) is 15.0 Å². The summed E-state index contributed by atoms with van der Waals surface area (Å²) in [4.78, 5) is 17.4. The zero-order valence-corrected chi connectivity index (χ0v) is 19.4. The smallest absolute Gasteiger partial charge is 0.227 e. The predicted molar refractivity (Wildman–Crippen MR) is 136 cm³/mol. The summed E-state index contributed by atoms with van der Waals surface area (Å²) in [5.41, 5.74) is 5.35. The summed E-state index contributed by atoms with van der Waals surface area (Å²) < 4.78 is 13.4. The summed E-state index contributed by atoms with van der Waals surface area (Å²) in [7, 11) is 1.89. The number of fused-ring (bicyclic) bond motifs is 1. The van der Waals surface area contributed by atoms with E-state index in [1.54, 1.807) is 29.5 Å². The first-order valence-electron chi connectivity index (χ1n) is 11.3. The maximum absolute atomic E-state index is 6.24. The molecule has 6 rings (SSSR count). The largest absolute Gasteiger partial charge is 0.488 e. The molecule has 0 unspecified atom stereocenters. The van der Waals surface area contributed by atoms with Gasteiger partial charge in [-0.3, -0.25) is 9.67 Å². The van der Waals surface area contributed by atoms with Gasteiger partial charge in [-0.05, 0) is 24.3 Å². The molecule has 36 heavy (non-hydrogen) atoms. The summed E-state index contributed by atoms with van der Waals surface area (Å²) in [6.07, 6.45) is 12.2. The molecule has 0 saturated carbocycles. The average Bonchev–Trinajstić information content (AvgIpc) is 3.60. The van der Waals surface area contributed by atoms with Crippen LogP contribution in [0.3, 0.4) is 0 Å². The van der Waals surface area contributed by atoms with E-state index in [0.717, 1.165) is 38.8 Å². The zero-order chi connectivity index (χ0) is 24.3. The molecule has 176 valence electrons. The lowest BCUT2D eigenvalue weighted by Crippen LogP contribution is -2.00. The Hall–Kier alpha value is -5.05. The van der Waals surface area contributed by atoms with E-state index in [4.69, 9.17) is 14.1 Å². The van der Waals surface area contributed by atoms with E-state index in [9.17, 15) is 0 Å². The molecule has 0 radical (unpaired) electrons. The van der Waals surface area contributed by atoms with Gasteiger partial charge in [0.2, 0.25) is 5.95 Å². The minimum absolute atomic E-state index is 0.386. The third-order valence-electron chi connectivity index (χ3n) is 5.65. The second-order valence-electron chi connectivity index (χ2n) is 8.22. The van der Waals surface area contributed by atoms with Crippen molar-refractivity contribution in [1.82, 2.24) is 29.7 Å². The van der Waals surface area contributed by atoms with Crippen molar-refractivity contribution in [1.29, 1.82) is 0 Å². The van der Waals surface area contributed by atoms with Crippen molar-refractivity contribution in [2.75, 3.05) is 5.32 Å². The van der Waals surface area contributed by atoms with E-state index < -0.39 is 0 Å². The lowest BCUT2D eigenvalue weighted by atomic mass is 10.1. The van der Waals surface area contributed by atoms with Gasteiger partial charge in [0.15, 0.2) is 12.2 Å². The molecule has 2 aromatic carbocycles. The molecule has 0 spiro atoms. The lowest BCUT2D eigenvalue weighted by molar-refractivity contribution is 0.307. The molecular weight excluding hydrogens is 454 g/mol. The average molecular weight is 476 g/mol. The van der Waals surface area contributed by atoms with Crippen LogP contribution in [0.5, 0.6) is 5.75 Å². The fraction of sp³-hybridized carbons (Fsp3) is 0.0741. The Morgan fingerprint density at radius 3 is 2.75 bits per heavy atom. The van der Waals surface area contributed by atoms with Crippen LogP contribution in [0.1, 0.15) is 5.56 Å². The van der Waals surface area contributed by atoms with Gasteiger partial charge >= 0.3 is 0 Å². The van der Waals surface area contributed by atoms with Crippen molar-refractivity contribution in [3.8, 4) is 28.2 Å². The van der Waals surface area contributed by atoms with Gasteiger partial charge in [0, 0.05) is 71.2 Å². The minimum atomic E-state index is 0.386. The summed E-state index contributed by atoms with van der Waals surface area (Å²) in [5.74, 6) is 1.87. The van der Waals surface area contributed by atoms with Gasteiger partial charge in [-0.2, -0.15) is 5.10 Å². The van der Waals surface area contributed by atoms with E-state index in [-0.39, 0.29) is 0 Å². The number of nitrogens with zero attached hydrogens (tertiary/aromatic N) is 6. The molecule has 0 saturated heterocycles. The fourth-order valence-electron chi connectivity index (χ4n) is 3.91. The topological polar surface area (TPSA) is 104 Å². The molecule has 0 aliphatic carbocycles. The van der Waals surface area contributed by atoms with E-state index in [1.807, 2.05) is 68.0 Å². The highest BCUT2D eigenvalue weighted by Gasteiger charge is 2.13. The normalized spacial score (nSPS) is 11.0. The van der Waals surface area contributed by atoms with Gasteiger partial charge in [0.25, 0.3) is 0 Å². The maximum atomic E-state index is 6.24.